The molecule has 0 radical (unpaired) electrons. The number of carbonyl (C=O) groups is 1. The molecule has 2 aromatic heterocycles. The molecule has 1 fully saturated rings. The lowest BCUT2D eigenvalue weighted by atomic mass is 10.1. The van der Waals surface area contributed by atoms with Crippen LogP contribution in [0.2, 0.25) is 0 Å². The van der Waals surface area contributed by atoms with Crippen LogP contribution in [0.1, 0.15) is 12.1 Å². The number of fused-ring (bicyclic) bond motifs is 1. The summed E-state index contributed by atoms with van der Waals surface area (Å²) < 4.78 is 52.9. The Hall–Kier alpha value is -2.62. The fraction of sp³-hybridized carbons (Fsp3) is 0.250. The zero-order chi connectivity index (χ0) is 18.5. The van der Waals surface area contributed by atoms with E-state index in [1.54, 1.807) is 6.07 Å². The fourth-order valence-electron chi connectivity index (χ4n) is 2.55. The molecule has 2 heterocycles. The minimum Gasteiger partial charge on any atom is -0.302 e. The van der Waals surface area contributed by atoms with Gasteiger partial charge in [-0.3, -0.25) is 4.79 Å². The first kappa shape index (κ1) is 16.8. The summed E-state index contributed by atoms with van der Waals surface area (Å²) in [6, 6.07) is 4.57. The molecule has 0 spiro atoms. The molecule has 134 valence electrons. The van der Waals surface area contributed by atoms with Crippen LogP contribution in [0.4, 0.5) is 22.7 Å². The first-order chi connectivity index (χ1) is 12.3. The third-order valence-electron chi connectivity index (χ3n) is 3.96. The highest BCUT2D eigenvalue weighted by atomic mass is 32.1. The Morgan fingerprint density at radius 3 is 2.77 bits per heavy atom. The Bertz CT molecular complexity index is 1000. The van der Waals surface area contributed by atoms with Gasteiger partial charge in [0.1, 0.15) is 12.5 Å². The van der Waals surface area contributed by atoms with Crippen LogP contribution >= 0.6 is 11.3 Å². The Kier molecular flexibility index (Phi) is 3.87. The molecule has 5 nitrogen and oxygen atoms in total. The van der Waals surface area contributed by atoms with Crippen molar-refractivity contribution in [1.82, 2.24) is 15.0 Å². The van der Waals surface area contributed by atoms with E-state index >= 15 is 0 Å². The van der Waals surface area contributed by atoms with E-state index in [0.717, 1.165) is 23.9 Å². The number of nitrogens with one attached hydrogen (secondary N) is 1. The number of benzene rings is 1. The van der Waals surface area contributed by atoms with Gasteiger partial charge in [0, 0.05) is 11.8 Å². The van der Waals surface area contributed by atoms with E-state index in [9.17, 15) is 22.4 Å². The smallest absolute Gasteiger partial charge is 0.302 e. The molecular formula is C16H10F4N4OS. The standard InChI is InChI=1S/C16H10F4N4OS/c17-10-4-8(10)14(25)24-15-23-11-2-1-7(3-12(11)26-15)9-5-21-6-22-13(9)16(18,19)20/h1-3,5-6,8,10H,4H2,(H,23,24,25)/t8-,10?/m1/s1. The van der Waals surface area contributed by atoms with Crippen molar-refractivity contribution in [2.45, 2.75) is 18.8 Å². The second-order valence-corrected chi connectivity index (χ2v) is 6.86. The van der Waals surface area contributed by atoms with Crippen molar-refractivity contribution in [3.05, 3.63) is 36.4 Å². The molecule has 1 aliphatic rings. The highest BCUT2D eigenvalue weighted by Crippen LogP contribution is 2.38. The van der Waals surface area contributed by atoms with Gasteiger partial charge in [0.25, 0.3) is 0 Å². The molecule has 1 N–H and O–H groups in total. The second kappa shape index (κ2) is 5.97. The number of aromatic nitrogens is 3. The Morgan fingerprint density at radius 1 is 1.31 bits per heavy atom. The first-order valence-electron chi connectivity index (χ1n) is 7.56. The molecule has 2 atom stereocenters. The SMILES string of the molecule is O=C(Nc1nc2ccc(-c3cncnc3C(F)(F)F)cc2s1)[C@@H]1CC1F. The van der Waals surface area contributed by atoms with Gasteiger partial charge < -0.3 is 5.32 Å². The Labute approximate surface area is 148 Å². The van der Waals surface area contributed by atoms with Gasteiger partial charge in [0.05, 0.1) is 16.1 Å². The highest BCUT2D eigenvalue weighted by molar-refractivity contribution is 7.22. The maximum Gasteiger partial charge on any atom is 0.434 e. The van der Waals surface area contributed by atoms with Crippen LogP contribution in [0.5, 0.6) is 0 Å². The minimum absolute atomic E-state index is 0.140. The zero-order valence-corrected chi connectivity index (χ0v) is 13.7. The van der Waals surface area contributed by atoms with Gasteiger partial charge in [-0.25, -0.2) is 19.3 Å². The van der Waals surface area contributed by atoms with Crippen molar-refractivity contribution in [3.63, 3.8) is 0 Å². The molecule has 0 aliphatic heterocycles. The molecule has 10 heteroatoms. The van der Waals surface area contributed by atoms with Gasteiger partial charge in [0.15, 0.2) is 10.8 Å². The number of rotatable bonds is 3. The summed E-state index contributed by atoms with van der Waals surface area (Å²) in [6.45, 7) is 0. The van der Waals surface area contributed by atoms with E-state index in [4.69, 9.17) is 0 Å². The van der Waals surface area contributed by atoms with E-state index in [-0.39, 0.29) is 22.7 Å². The third-order valence-corrected chi connectivity index (χ3v) is 4.89. The molecule has 4 rings (SSSR count). The molecule has 1 aliphatic carbocycles. The molecule has 1 saturated carbocycles. The van der Waals surface area contributed by atoms with Crippen molar-refractivity contribution in [2.75, 3.05) is 5.32 Å². The van der Waals surface area contributed by atoms with E-state index in [2.05, 4.69) is 20.3 Å². The second-order valence-electron chi connectivity index (χ2n) is 5.83. The average molecular weight is 382 g/mol. The van der Waals surface area contributed by atoms with Crippen molar-refractivity contribution < 1.29 is 22.4 Å². The lowest BCUT2D eigenvalue weighted by molar-refractivity contribution is -0.140. The molecule has 1 amide bonds. The summed E-state index contributed by atoms with van der Waals surface area (Å²) in [5, 5.41) is 2.82. The van der Waals surface area contributed by atoms with Crippen LogP contribution in [-0.2, 0) is 11.0 Å². The van der Waals surface area contributed by atoms with E-state index in [1.807, 2.05) is 0 Å². The van der Waals surface area contributed by atoms with Crippen molar-refractivity contribution in [1.29, 1.82) is 0 Å². The topological polar surface area (TPSA) is 67.8 Å². The van der Waals surface area contributed by atoms with Crippen LogP contribution in [-0.4, -0.2) is 27.0 Å². The monoisotopic (exact) mass is 382 g/mol. The van der Waals surface area contributed by atoms with Gasteiger partial charge in [0.2, 0.25) is 5.91 Å². The summed E-state index contributed by atoms with van der Waals surface area (Å²) in [5.74, 6) is -1.08. The predicted octanol–water partition coefficient (Wildman–Crippen LogP) is 4.07. The first-order valence-corrected chi connectivity index (χ1v) is 8.37. The van der Waals surface area contributed by atoms with Crippen molar-refractivity contribution in [2.24, 2.45) is 5.92 Å². The number of nitrogens with zero attached hydrogens (tertiary/aromatic N) is 3. The van der Waals surface area contributed by atoms with Crippen LogP contribution in [0.3, 0.4) is 0 Å². The van der Waals surface area contributed by atoms with Gasteiger partial charge >= 0.3 is 6.18 Å². The van der Waals surface area contributed by atoms with Crippen LogP contribution in [0.25, 0.3) is 21.3 Å². The number of alkyl halides is 4. The van der Waals surface area contributed by atoms with Crippen molar-refractivity contribution in [3.8, 4) is 11.1 Å². The fourth-order valence-corrected chi connectivity index (χ4v) is 3.45. The molecule has 1 aromatic carbocycles. The van der Waals surface area contributed by atoms with Gasteiger partial charge in [-0.1, -0.05) is 17.4 Å². The number of carbonyl (C=O) groups excluding carboxylic acids is 1. The van der Waals surface area contributed by atoms with Gasteiger partial charge in [-0.15, -0.1) is 0 Å². The Morgan fingerprint density at radius 2 is 2.08 bits per heavy atom. The molecule has 26 heavy (non-hydrogen) atoms. The predicted molar refractivity (Wildman–Crippen MR) is 87.3 cm³/mol. The normalized spacial score (nSPS) is 19.5. The van der Waals surface area contributed by atoms with E-state index in [1.165, 1.54) is 12.1 Å². The minimum atomic E-state index is -4.60. The largest absolute Gasteiger partial charge is 0.434 e. The van der Waals surface area contributed by atoms with Crippen molar-refractivity contribution >= 4 is 32.6 Å². The van der Waals surface area contributed by atoms with Gasteiger partial charge in [-0.2, -0.15) is 13.2 Å². The zero-order valence-electron chi connectivity index (χ0n) is 12.9. The quantitative estimate of drug-likeness (QED) is 0.694. The summed E-state index contributed by atoms with van der Waals surface area (Å²) in [4.78, 5) is 23.0. The van der Waals surface area contributed by atoms with E-state index < -0.39 is 29.9 Å². The third kappa shape index (κ3) is 3.12. The lowest BCUT2D eigenvalue weighted by Gasteiger charge is -2.10. The maximum absolute atomic E-state index is 13.1. The summed E-state index contributed by atoms with van der Waals surface area (Å²) in [7, 11) is 0. The van der Waals surface area contributed by atoms with Crippen LogP contribution < -0.4 is 5.32 Å². The molecule has 0 saturated heterocycles. The van der Waals surface area contributed by atoms with Crippen LogP contribution in [0, 0.1) is 5.92 Å². The molecule has 1 unspecified atom stereocenters. The summed E-state index contributed by atoms with van der Waals surface area (Å²) in [5.41, 5.74) is -0.350. The number of hydrogen-bond donors (Lipinski definition) is 1. The summed E-state index contributed by atoms with van der Waals surface area (Å²) >= 11 is 1.11. The number of hydrogen-bond acceptors (Lipinski definition) is 5. The van der Waals surface area contributed by atoms with E-state index in [0.29, 0.717) is 10.2 Å². The molecular weight excluding hydrogens is 372 g/mol. The van der Waals surface area contributed by atoms with Crippen LogP contribution in [0.15, 0.2) is 30.7 Å². The highest BCUT2D eigenvalue weighted by Gasteiger charge is 2.44. The number of thiazole rings is 1. The Balaban J connectivity index is 1.67. The average Bonchev–Trinajstić information content (AvgIpc) is 3.19. The van der Waals surface area contributed by atoms with Gasteiger partial charge in [-0.05, 0) is 24.1 Å². The number of halogens is 4. The lowest BCUT2D eigenvalue weighted by Crippen LogP contribution is -2.14. The maximum atomic E-state index is 13.1. The molecule has 3 aromatic rings. The number of amides is 1. The molecule has 0 bridgehead atoms. The number of anilines is 1. The summed E-state index contributed by atoms with van der Waals surface area (Å²) in [6.07, 6.45) is -3.56.